The molecule has 0 unspecified atom stereocenters. The lowest BCUT2D eigenvalue weighted by atomic mass is 9.73. The van der Waals surface area contributed by atoms with Crippen molar-refractivity contribution in [1.82, 2.24) is 0 Å². The molecule has 1 heteroatoms. The molecule has 0 aromatic carbocycles. The molecule has 2 aliphatic rings. The fourth-order valence-electron chi connectivity index (χ4n) is 3.08. The summed E-state index contributed by atoms with van der Waals surface area (Å²) in [5, 5.41) is 0. The zero-order valence-electron chi connectivity index (χ0n) is 8.18. The maximum Gasteiger partial charge on any atom is 0.159 e. The van der Waals surface area contributed by atoms with Gasteiger partial charge < -0.3 is 0 Å². The molecule has 0 spiro atoms. The SMILES string of the molecule is C=CC[C@]12CCC[C@H]1C(=O)C=C2C. The Balaban J connectivity index is 2.37. The van der Waals surface area contributed by atoms with Gasteiger partial charge in [-0.05, 0) is 32.3 Å². The van der Waals surface area contributed by atoms with Crippen molar-refractivity contribution < 1.29 is 4.79 Å². The van der Waals surface area contributed by atoms with E-state index in [9.17, 15) is 4.79 Å². The topological polar surface area (TPSA) is 17.1 Å². The first-order valence-electron chi connectivity index (χ1n) is 5.04. The number of carbonyl (C=O) groups excluding carboxylic acids is 1. The minimum absolute atomic E-state index is 0.179. The van der Waals surface area contributed by atoms with Crippen LogP contribution in [0.1, 0.15) is 32.6 Å². The lowest BCUT2D eigenvalue weighted by Crippen LogP contribution is -2.25. The molecule has 0 amide bonds. The molecule has 13 heavy (non-hydrogen) atoms. The van der Waals surface area contributed by atoms with Crippen LogP contribution in [-0.4, -0.2) is 5.78 Å². The molecular formula is C12H16O. The van der Waals surface area contributed by atoms with Gasteiger partial charge in [-0.3, -0.25) is 4.79 Å². The Labute approximate surface area is 79.5 Å². The lowest BCUT2D eigenvalue weighted by molar-refractivity contribution is -0.119. The molecular weight excluding hydrogens is 160 g/mol. The number of rotatable bonds is 2. The Kier molecular flexibility index (Phi) is 1.90. The van der Waals surface area contributed by atoms with E-state index in [-0.39, 0.29) is 11.3 Å². The van der Waals surface area contributed by atoms with E-state index in [4.69, 9.17) is 0 Å². The van der Waals surface area contributed by atoms with E-state index in [1.54, 1.807) is 0 Å². The number of fused-ring (bicyclic) bond motifs is 1. The van der Waals surface area contributed by atoms with Crippen LogP contribution in [0.15, 0.2) is 24.3 Å². The van der Waals surface area contributed by atoms with Crippen LogP contribution >= 0.6 is 0 Å². The summed E-state index contributed by atoms with van der Waals surface area (Å²) in [5.41, 5.74) is 1.47. The summed E-state index contributed by atoms with van der Waals surface area (Å²) in [6.45, 7) is 5.90. The van der Waals surface area contributed by atoms with Gasteiger partial charge in [0, 0.05) is 11.3 Å². The monoisotopic (exact) mass is 176 g/mol. The summed E-state index contributed by atoms with van der Waals surface area (Å²) < 4.78 is 0. The summed E-state index contributed by atoms with van der Waals surface area (Å²) in [7, 11) is 0. The van der Waals surface area contributed by atoms with E-state index in [0.29, 0.717) is 5.78 Å². The smallest absolute Gasteiger partial charge is 0.159 e. The lowest BCUT2D eigenvalue weighted by Gasteiger charge is -2.29. The van der Waals surface area contributed by atoms with Gasteiger partial charge in [-0.25, -0.2) is 0 Å². The molecule has 0 aromatic rings. The van der Waals surface area contributed by atoms with E-state index in [1.165, 1.54) is 18.4 Å². The number of hydrogen-bond acceptors (Lipinski definition) is 1. The molecule has 0 saturated heterocycles. The Hall–Kier alpha value is -0.850. The molecule has 0 aromatic heterocycles. The van der Waals surface area contributed by atoms with E-state index in [2.05, 4.69) is 13.5 Å². The maximum atomic E-state index is 11.6. The highest BCUT2D eigenvalue weighted by atomic mass is 16.1. The summed E-state index contributed by atoms with van der Waals surface area (Å²) in [4.78, 5) is 11.6. The normalized spacial score (nSPS) is 37.5. The highest BCUT2D eigenvalue weighted by Crippen LogP contribution is 2.55. The van der Waals surface area contributed by atoms with Crippen molar-refractivity contribution in [1.29, 1.82) is 0 Å². The van der Waals surface area contributed by atoms with Crippen LogP contribution in [-0.2, 0) is 4.79 Å². The zero-order valence-corrected chi connectivity index (χ0v) is 8.18. The number of ketones is 1. The van der Waals surface area contributed by atoms with Crippen LogP contribution in [0.25, 0.3) is 0 Å². The highest BCUT2D eigenvalue weighted by molar-refractivity contribution is 5.96. The fourth-order valence-corrected chi connectivity index (χ4v) is 3.08. The van der Waals surface area contributed by atoms with Crippen molar-refractivity contribution in [3.05, 3.63) is 24.3 Å². The van der Waals surface area contributed by atoms with Crippen molar-refractivity contribution in [2.24, 2.45) is 11.3 Å². The molecule has 1 nitrogen and oxygen atoms in total. The maximum absolute atomic E-state index is 11.6. The quantitative estimate of drug-likeness (QED) is 0.591. The average Bonchev–Trinajstić information content (AvgIpc) is 2.57. The van der Waals surface area contributed by atoms with Crippen LogP contribution < -0.4 is 0 Å². The standard InChI is InChI=1S/C12H16O/c1-3-6-12-7-4-5-10(12)11(13)8-9(12)2/h3,8,10H,1,4-7H2,2H3/t10-,12+/m0/s1. The van der Waals surface area contributed by atoms with E-state index >= 15 is 0 Å². The van der Waals surface area contributed by atoms with Crippen LogP contribution in [0.4, 0.5) is 0 Å². The average molecular weight is 176 g/mol. The van der Waals surface area contributed by atoms with Crippen LogP contribution in [0, 0.1) is 11.3 Å². The Morgan fingerprint density at radius 1 is 1.77 bits per heavy atom. The van der Waals surface area contributed by atoms with Gasteiger partial charge in [0.05, 0.1) is 0 Å². The zero-order chi connectivity index (χ0) is 9.47. The number of carbonyl (C=O) groups is 1. The molecule has 1 saturated carbocycles. The molecule has 2 atom stereocenters. The van der Waals surface area contributed by atoms with Crippen LogP contribution in [0.5, 0.6) is 0 Å². The number of hydrogen-bond donors (Lipinski definition) is 0. The predicted octanol–water partition coefficient (Wildman–Crippen LogP) is 2.88. The fraction of sp³-hybridized carbons (Fsp3) is 0.583. The van der Waals surface area contributed by atoms with Gasteiger partial charge in [-0.15, -0.1) is 6.58 Å². The van der Waals surface area contributed by atoms with Gasteiger partial charge in [0.1, 0.15) is 0 Å². The molecule has 0 bridgehead atoms. The molecule has 0 N–H and O–H groups in total. The van der Waals surface area contributed by atoms with Crippen LogP contribution in [0.2, 0.25) is 0 Å². The summed E-state index contributed by atoms with van der Waals surface area (Å²) >= 11 is 0. The first kappa shape index (κ1) is 8.74. The highest BCUT2D eigenvalue weighted by Gasteiger charge is 2.49. The largest absolute Gasteiger partial charge is 0.295 e. The summed E-state index contributed by atoms with van der Waals surface area (Å²) in [6.07, 6.45) is 8.26. The molecule has 2 rings (SSSR count). The minimum Gasteiger partial charge on any atom is -0.295 e. The molecule has 0 heterocycles. The summed E-state index contributed by atoms with van der Waals surface area (Å²) in [5.74, 6) is 0.641. The van der Waals surface area contributed by atoms with E-state index in [0.717, 1.165) is 12.8 Å². The third-order valence-corrected chi connectivity index (χ3v) is 3.78. The molecule has 2 aliphatic carbocycles. The third kappa shape index (κ3) is 1.03. The first-order chi connectivity index (χ1) is 6.20. The van der Waals surface area contributed by atoms with E-state index < -0.39 is 0 Å². The third-order valence-electron chi connectivity index (χ3n) is 3.78. The minimum atomic E-state index is 0.179. The first-order valence-corrected chi connectivity index (χ1v) is 5.04. The Morgan fingerprint density at radius 3 is 3.23 bits per heavy atom. The van der Waals surface area contributed by atoms with Gasteiger partial charge >= 0.3 is 0 Å². The van der Waals surface area contributed by atoms with Gasteiger partial charge in [0.2, 0.25) is 0 Å². The Morgan fingerprint density at radius 2 is 2.54 bits per heavy atom. The molecule has 70 valence electrons. The van der Waals surface area contributed by atoms with Crippen molar-refractivity contribution in [2.75, 3.05) is 0 Å². The molecule has 0 aliphatic heterocycles. The second-order valence-corrected chi connectivity index (χ2v) is 4.32. The number of allylic oxidation sites excluding steroid dienone is 3. The van der Waals surface area contributed by atoms with Crippen molar-refractivity contribution in [3.63, 3.8) is 0 Å². The molecule has 1 fully saturated rings. The van der Waals surface area contributed by atoms with Crippen molar-refractivity contribution >= 4 is 5.78 Å². The predicted molar refractivity (Wildman–Crippen MR) is 53.4 cm³/mol. The second-order valence-electron chi connectivity index (χ2n) is 4.32. The molecule has 0 radical (unpaired) electrons. The van der Waals surface area contributed by atoms with E-state index in [1.807, 2.05) is 12.2 Å². The van der Waals surface area contributed by atoms with Gasteiger partial charge in [-0.1, -0.05) is 18.1 Å². The van der Waals surface area contributed by atoms with Gasteiger partial charge in [0.25, 0.3) is 0 Å². The van der Waals surface area contributed by atoms with Gasteiger partial charge in [-0.2, -0.15) is 0 Å². The van der Waals surface area contributed by atoms with Crippen molar-refractivity contribution in [2.45, 2.75) is 32.6 Å². The Bertz CT molecular complexity index is 287. The summed E-state index contributed by atoms with van der Waals surface area (Å²) in [6, 6.07) is 0. The van der Waals surface area contributed by atoms with Gasteiger partial charge in [0.15, 0.2) is 5.78 Å². The van der Waals surface area contributed by atoms with Crippen molar-refractivity contribution in [3.8, 4) is 0 Å². The van der Waals surface area contributed by atoms with Crippen LogP contribution in [0.3, 0.4) is 0 Å². The second kappa shape index (κ2) is 2.83.